The number of aromatic nitrogens is 2. The Morgan fingerprint density at radius 2 is 2.17 bits per heavy atom. The maximum absolute atomic E-state index is 12.3. The fraction of sp³-hybridized carbons (Fsp3) is 0.692. The molecule has 1 aromatic heterocycles. The smallest absolute Gasteiger partial charge is 0.257 e. The summed E-state index contributed by atoms with van der Waals surface area (Å²) >= 11 is 0. The molecule has 5 nitrogen and oxygen atoms in total. The number of rotatable bonds is 1. The summed E-state index contributed by atoms with van der Waals surface area (Å²) in [4.78, 5) is 14.2. The van der Waals surface area contributed by atoms with Crippen LogP contribution in [-0.4, -0.2) is 46.8 Å². The van der Waals surface area contributed by atoms with E-state index in [1.165, 1.54) is 6.42 Å². The van der Waals surface area contributed by atoms with Crippen LogP contribution in [0.4, 0.5) is 0 Å². The van der Waals surface area contributed by atoms with E-state index in [1.54, 1.807) is 17.1 Å². The molecule has 3 heterocycles. The van der Waals surface area contributed by atoms with E-state index >= 15 is 0 Å². The zero-order chi connectivity index (χ0) is 12.6. The highest BCUT2D eigenvalue weighted by Crippen LogP contribution is 2.37. The predicted molar refractivity (Wildman–Crippen MR) is 68.3 cm³/mol. The molecule has 1 amide bonds. The van der Waals surface area contributed by atoms with Crippen molar-refractivity contribution in [3.8, 4) is 0 Å². The molecule has 1 spiro atoms. The molecule has 2 aliphatic rings. The first-order valence-corrected chi connectivity index (χ1v) is 6.67. The normalized spacial score (nSPS) is 22.6. The number of nitrogens with one attached hydrogen (secondary N) is 1. The van der Waals surface area contributed by atoms with E-state index in [2.05, 4.69) is 10.4 Å². The van der Waals surface area contributed by atoms with Gasteiger partial charge in [0.2, 0.25) is 0 Å². The lowest BCUT2D eigenvalue weighted by Gasteiger charge is -2.38. The third-order valence-corrected chi connectivity index (χ3v) is 4.40. The van der Waals surface area contributed by atoms with Gasteiger partial charge in [0.25, 0.3) is 5.91 Å². The first-order valence-electron chi connectivity index (χ1n) is 6.67. The second-order valence-electron chi connectivity index (χ2n) is 5.62. The van der Waals surface area contributed by atoms with Crippen LogP contribution in [0.5, 0.6) is 0 Å². The van der Waals surface area contributed by atoms with E-state index in [0.717, 1.165) is 39.0 Å². The number of amides is 1. The molecule has 0 bridgehead atoms. The lowest BCUT2D eigenvalue weighted by molar-refractivity contribution is 0.0607. The summed E-state index contributed by atoms with van der Waals surface area (Å²) < 4.78 is 1.68. The topological polar surface area (TPSA) is 50.2 Å². The summed E-state index contributed by atoms with van der Waals surface area (Å²) in [5.41, 5.74) is 1.17. The van der Waals surface area contributed by atoms with Crippen molar-refractivity contribution in [1.82, 2.24) is 20.0 Å². The molecule has 0 aliphatic carbocycles. The van der Waals surface area contributed by atoms with E-state index in [4.69, 9.17) is 0 Å². The number of hydrogen-bond acceptors (Lipinski definition) is 3. The summed E-state index contributed by atoms with van der Waals surface area (Å²) in [6.45, 7) is 4.03. The molecular formula is C13H20N4O. The number of carbonyl (C=O) groups is 1. The standard InChI is InChI=1S/C13H20N4O/c1-16-9-11(8-15-16)12(18)17-6-3-13(4-7-17)2-5-14-10-13/h8-9,14H,2-7,10H2,1H3. The van der Waals surface area contributed by atoms with Crippen LogP contribution in [0.15, 0.2) is 12.4 Å². The van der Waals surface area contributed by atoms with Crippen LogP contribution in [0.25, 0.3) is 0 Å². The van der Waals surface area contributed by atoms with Crippen molar-refractivity contribution in [2.45, 2.75) is 19.3 Å². The number of piperidine rings is 1. The molecule has 18 heavy (non-hydrogen) atoms. The SMILES string of the molecule is Cn1cc(C(=O)N2CCC3(CCNC3)CC2)cn1. The molecule has 0 radical (unpaired) electrons. The summed E-state index contributed by atoms with van der Waals surface area (Å²) in [6.07, 6.45) is 6.98. The van der Waals surface area contributed by atoms with Crippen LogP contribution in [-0.2, 0) is 7.05 Å². The van der Waals surface area contributed by atoms with Gasteiger partial charge in [0.05, 0.1) is 11.8 Å². The Hall–Kier alpha value is -1.36. The van der Waals surface area contributed by atoms with E-state index in [9.17, 15) is 4.79 Å². The molecule has 1 N–H and O–H groups in total. The van der Waals surface area contributed by atoms with Crippen LogP contribution in [0.3, 0.4) is 0 Å². The highest BCUT2D eigenvalue weighted by Gasteiger charge is 2.38. The number of likely N-dealkylation sites (tertiary alicyclic amines) is 1. The highest BCUT2D eigenvalue weighted by molar-refractivity contribution is 5.93. The Bertz CT molecular complexity index is 438. The Labute approximate surface area is 107 Å². The van der Waals surface area contributed by atoms with Crippen molar-refractivity contribution >= 4 is 5.91 Å². The van der Waals surface area contributed by atoms with Gasteiger partial charge in [-0.05, 0) is 31.2 Å². The van der Waals surface area contributed by atoms with Gasteiger partial charge in [0.1, 0.15) is 0 Å². The Kier molecular flexibility index (Phi) is 2.86. The van der Waals surface area contributed by atoms with Crippen LogP contribution in [0.1, 0.15) is 29.6 Å². The third kappa shape index (κ3) is 2.03. The highest BCUT2D eigenvalue weighted by atomic mass is 16.2. The molecule has 0 aromatic carbocycles. The molecule has 0 saturated carbocycles. The Morgan fingerprint density at radius 1 is 1.39 bits per heavy atom. The van der Waals surface area contributed by atoms with Crippen LogP contribution < -0.4 is 5.32 Å². The number of hydrogen-bond donors (Lipinski definition) is 1. The van der Waals surface area contributed by atoms with Crippen molar-refractivity contribution in [3.63, 3.8) is 0 Å². The van der Waals surface area contributed by atoms with Gasteiger partial charge >= 0.3 is 0 Å². The Morgan fingerprint density at radius 3 is 2.72 bits per heavy atom. The molecule has 0 unspecified atom stereocenters. The lowest BCUT2D eigenvalue weighted by atomic mass is 9.78. The van der Waals surface area contributed by atoms with Crippen LogP contribution in [0.2, 0.25) is 0 Å². The van der Waals surface area contributed by atoms with Gasteiger partial charge in [-0.25, -0.2) is 0 Å². The Balaban J connectivity index is 1.64. The van der Waals surface area contributed by atoms with Gasteiger partial charge in [-0.1, -0.05) is 0 Å². The van der Waals surface area contributed by atoms with E-state index in [-0.39, 0.29) is 5.91 Å². The molecule has 2 saturated heterocycles. The number of nitrogens with zero attached hydrogens (tertiary/aromatic N) is 3. The fourth-order valence-corrected chi connectivity index (χ4v) is 3.12. The average molecular weight is 248 g/mol. The second kappa shape index (κ2) is 4.39. The molecule has 98 valence electrons. The minimum atomic E-state index is 0.129. The zero-order valence-corrected chi connectivity index (χ0v) is 10.9. The maximum Gasteiger partial charge on any atom is 0.257 e. The number of aryl methyl sites for hydroxylation is 1. The lowest BCUT2D eigenvalue weighted by Crippen LogP contribution is -2.43. The van der Waals surface area contributed by atoms with E-state index in [0.29, 0.717) is 11.0 Å². The van der Waals surface area contributed by atoms with Gasteiger partial charge in [-0.3, -0.25) is 9.48 Å². The maximum atomic E-state index is 12.3. The van der Waals surface area contributed by atoms with Gasteiger partial charge in [0, 0.05) is 32.9 Å². The minimum absolute atomic E-state index is 0.129. The molecule has 5 heteroatoms. The second-order valence-corrected chi connectivity index (χ2v) is 5.62. The molecule has 3 rings (SSSR count). The monoisotopic (exact) mass is 248 g/mol. The van der Waals surface area contributed by atoms with Crippen molar-refractivity contribution in [3.05, 3.63) is 18.0 Å². The van der Waals surface area contributed by atoms with Gasteiger partial charge < -0.3 is 10.2 Å². The average Bonchev–Trinajstić information content (AvgIpc) is 3.00. The fourth-order valence-electron chi connectivity index (χ4n) is 3.12. The first-order chi connectivity index (χ1) is 8.69. The molecule has 0 atom stereocenters. The summed E-state index contributed by atoms with van der Waals surface area (Å²) in [5.74, 6) is 0.129. The third-order valence-electron chi connectivity index (χ3n) is 4.40. The number of carbonyl (C=O) groups excluding carboxylic acids is 1. The summed E-state index contributed by atoms with van der Waals surface area (Å²) in [6, 6.07) is 0. The van der Waals surface area contributed by atoms with Crippen molar-refractivity contribution in [2.75, 3.05) is 26.2 Å². The predicted octanol–water partition coefficient (Wildman–Crippen LogP) is 0.636. The molecule has 2 aliphatic heterocycles. The van der Waals surface area contributed by atoms with Crippen molar-refractivity contribution in [2.24, 2.45) is 12.5 Å². The van der Waals surface area contributed by atoms with Gasteiger partial charge in [-0.15, -0.1) is 0 Å². The zero-order valence-electron chi connectivity index (χ0n) is 10.9. The molecular weight excluding hydrogens is 228 g/mol. The minimum Gasteiger partial charge on any atom is -0.339 e. The summed E-state index contributed by atoms with van der Waals surface area (Å²) in [5, 5.41) is 7.51. The van der Waals surface area contributed by atoms with Crippen LogP contribution >= 0.6 is 0 Å². The quantitative estimate of drug-likeness (QED) is 0.793. The first kappa shape index (κ1) is 11.7. The largest absolute Gasteiger partial charge is 0.339 e. The van der Waals surface area contributed by atoms with E-state index < -0.39 is 0 Å². The van der Waals surface area contributed by atoms with Crippen molar-refractivity contribution < 1.29 is 4.79 Å². The van der Waals surface area contributed by atoms with Crippen molar-refractivity contribution in [1.29, 1.82) is 0 Å². The summed E-state index contributed by atoms with van der Waals surface area (Å²) in [7, 11) is 1.84. The molecule has 1 aromatic rings. The van der Waals surface area contributed by atoms with Gasteiger partial charge in [0.15, 0.2) is 0 Å². The molecule has 2 fully saturated rings. The van der Waals surface area contributed by atoms with E-state index in [1.807, 2.05) is 11.9 Å². The van der Waals surface area contributed by atoms with Gasteiger partial charge in [-0.2, -0.15) is 5.10 Å². The van der Waals surface area contributed by atoms with Crippen LogP contribution in [0, 0.1) is 5.41 Å².